The van der Waals surface area contributed by atoms with E-state index in [0.29, 0.717) is 10.6 Å². The van der Waals surface area contributed by atoms with Crippen LogP contribution < -0.4 is 4.90 Å². The molecule has 2 aromatic carbocycles. The Morgan fingerprint density at radius 3 is 2.69 bits per heavy atom. The predicted molar refractivity (Wildman–Crippen MR) is 109 cm³/mol. The maximum absolute atomic E-state index is 13.1. The highest BCUT2D eigenvalue weighted by molar-refractivity contribution is 7.13. The molecule has 0 aliphatic carbocycles. The molecule has 2 heterocycles. The molecule has 1 aliphatic heterocycles. The third-order valence-corrected chi connectivity index (χ3v) is 5.77. The van der Waals surface area contributed by atoms with Crippen LogP contribution in [-0.2, 0) is 16.0 Å². The number of ether oxygens (including phenoxy) is 1. The van der Waals surface area contributed by atoms with Crippen LogP contribution in [0, 0.1) is 5.82 Å². The van der Waals surface area contributed by atoms with E-state index in [9.17, 15) is 14.0 Å². The third-order valence-electron chi connectivity index (χ3n) is 4.88. The fourth-order valence-electron chi connectivity index (χ4n) is 3.46. The highest BCUT2D eigenvalue weighted by Crippen LogP contribution is 2.32. The highest BCUT2D eigenvalue weighted by atomic mass is 32.1. The Balaban J connectivity index is 1.46. The van der Waals surface area contributed by atoms with E-state index in [0.717, 1.165) is 17.7 Å². The normalized spacial score (nSPS) is 16.4. The van der Waals surface area contributed by atoms with Crippen LogP contribution >= 0.6 is 11.3 Å². The van der Waals surface area contributed by atoms with E-state index >= 15 is 0 Å². The van der Waals surface area contributed by atoms with Crippen molar-refractivity contribution in [1.29, 1.82) is 0 Å². The summed E-state index contributed by atoms with van der Waals surface area (Å²) in [4.78, 5) is 31.4. The van der Waals surface area contributed by atoms with Gasteiger partial charge in [-0.2, -0.15) is 0 Å². The molecule has 2 atom stereocenters. The second kappa shape index (κ2) is 7.75. The van der Waals surface area contributed by atoms with Gasteiger partial charge in [0, 0.05) is 22.7 Å². The van der Waals surface area contributed by atoms with Crippen LogP contribution in [0.2, 0.25) is 0 Å². The number of thiazole rings is 1. The molecule has 7 heteroatoms. The molecule has 0 saturated carbocycles. The Bertz CT molecular complexity index is 1060. The first kappa shape index (κ1) is 19.3. The Hall–Kier alpha value is -3.06. The van der Waals surface area contributed by atoms with Crippen LogP contribution in [0.4, 0.5) is 10.1 Å². The second-order valence-corrected chi connectivity index (χ2v) is 7.84. The molecule has 0 bridgehead atoms. The molecule has 0 radical (unpaired) electrons. The lowest BCUT2D eigenvalue weighted by molar-refractivity contribution is -0.126. The maximum Gasteiger partial charge on any atom is 0.358 e. The number of amides is 1. The van der Waals surface area contributed by atoms with Gasteiger partial charge in [-0.05, 0) is 56.2 Å². The van der Waals surface area contributed by atoms with Crippen molar-refractivity contribution in [2.45, 2.75) is 32.4 Å². The summed E-state index contributed by atoms with van der Waals surface area (Å²) in [5.41, 5.74) is 2.81. The Kier molecular flexibility index (Phi) is 5.15. The smallest absolute Gasteiger partial charge is 0.358 e. The van der Waals surface area contributed by atoms with Crippen LogP contribution in [0.5, 0.6) is 0 Å². The van der Waals surface area contributed by atoms with Crippen LogP contribution in [0.3, 0.4) is 0 Å². The van der Waals surface area contributed by atoms with Crippen molar-refractivity contribution in [2.75, 3.05) is 4.90 Å². The summed E-state index contributed by atoms with van der Waals surface area (Å²) in [5.74, 6) is -1.25. The second-order valence-electron chi connectivity index (χ2n) is 6.98. The Morgan fingerprint density at radius 1 is 1.21 bits per heavy atom. The molecule has 4 rings (SSSR count). The average molecular weight is 410 g/mol. The first-order chi connectivity index (χ1) is 13.9. The van der Waals surface area contributed by atoms with Gasteiger partial charge in [0.1, 0.15) is 10.8 Å². The molecule has 1 amide bonds. The largest absolute Gasteiger partial charge is 0.448 e. The summed E-state index contributed by atoms with van der Waals surface area (Å²) >= 11 is 1.26. The average Bonchev–Trinajstić information content (AvgIpc) is 3.32. The minimum absolute atomic E-state index is 0.00500. The van der Waals surface area contributed by atoms with Crippen molar-refractivity contribution in [2.24, 2.45) is 0 Å². The lowest BCUT2D eigenvalue weighted by atomic mass is 10.1. The zero-order valence-corrected chi connectivity index (χ0v) is 16.8. The van der Waals surface area contributed by atoms with Crippen LogP contribution in [-0.4, -0.2) is 29.0 Å². The molecule has 0 spiro atoms. The van der Waals surface area contributed by atoms with Crippen molar-refractivity contribution in [3.05, 3.63) is 71.0 Å². The zero-order chi connectivity index (χ0) is 20.5. The molecule has 3 aromatic rings. The van der Waals surface area contributed by atoms with Crippen molar-refractivity contribution in [1.82, 2.24) is 4.98 Å². The van der Waals surface area contributed by atoms with Gasteiger partial charge >= 0.3 is 5.97 Å². The SMILES string of the molecule is C[C@H](OC(=O)c1csc(-c2ccc(F)cc2)n1)C(=O)N1c2ccccc2C[C@H]1C. The minimum atomic E-state index is -0.938. The first-order valence-electron chi connectivity index (χ1n) is 9.27. The van der Waals surface area contributed by atoms with Crippen LogP contribution in [0.15, 0.2) is 53.9 Å². The fourth-order valence-corrected chi connectivity index (χ4v) is 4.26. The standard InChI is InChI=1S/C22H19FN2O3S/c1-13-11-16-5-3-4-6-19(16)25(13)21(26)14(2)28-22(27)18-12-29-20(24-18)15-7-9-17(23)10-8-15/h3-10,12-14H,11H2,1-2H3/t13-,14+/m1/s1. The topological polar surface area (TPSA) is 59.5 Å². The molecule has 148 valence electrons. The summed E-state index contributed by atoms with van der Waals surface area (Å²) < 4.78 is 18.5. The molecule has 0 N–H and O–H groups in total. The van der Waals surface area contributed by atoms with Crippen molar-refractivity contribution in [3.8, 4) is 10.6 Å². The highest BCUT2D eigenvalue weighted by Gasteiger charge is 2.34. The molecule has 0 unspecified atom stereocenters. The molecule has 0 fully saturated rings. The van der Waals surface area contributed by atoms with Crippen molar-refractivity contribution >= 4 is 28.9 Å². The summed E-state index contributed by atoms with van der Waals surface area (Å²) in [7, 11) is 0. The van der Waals surface area contributed by atoms with E-state index in [2.05, 4.69) is 4.98 Å². The number of hydrogen-bond donors (Lipinski definition) is 0. The van der Waals surface area contributed by atoms with E-state index in [1.54, 1.807) is 29.3 Å². The first-order valence-corrected chi connectivity index (χ1v) is 10.2. The number of nitrogens with zero attached hydrogens (tertiary/aromatic N) is 2. The van der Waals surface area contributed by atoms with Crippen LogP contribution in [0.25, 0.3) is 10.6 Å². The molecule has 5 nitrogen and oxygen atoms in total. The molecule has 29 heavy (non-hydrogen) atoms. The number of anilines is 1. The van der Waals surface area contributed by atoms with E-state index in [-0.39, 0.29) is 23.5 Å². The van der Waals surface area contributed by atoms with E-state index < -0.39 is 12.1 Å². The minimum Gasteiger partial charge on any atom is -0.448 e. The number of aromatic nitrogens is 1. The monoisotopic (exact) mass is 410 g/mol. The van der Waals surface area contributed by atoms with Crippen molar-refractivity contribution < 1.29 is 18.7 Å². The van der Waals surface area contributed by atoms with Gasteiger partial charge in [0.15, 0.2) is 11.8 Å². The van der Waals surface area contributed by atoms with Gasteiger partial charge in [0.2, 0.25) is 0 Å². The van der Waals surface area contributed by atoms with Gasteiger partial charge in [-0.15, -0.1) is 11.3 Å². The number of carbonyl (C=O) groups is 2. The molecular formula is C22H19FN2O3S. The number of fused-ring (bicyclic) bond motifs is 1. The summed E-state index contributed by atoms with van der Waals surface area (Å²) in [6.45, 7) is 3.54. The van der Waals surface area contributed by atoms with Gasteiger partial charge < -0.3 is 9.64 Å². The van der Waals surface area contributed by atoms with E-state index in [1.165, 1.54) is 23.5 Å². The molecule has 0 saturated heterocycles. The van der Waals surface area contributed by atoms with Gasteiger partial charge in [-0.3, -0.25) is 4.79 Å². The quantitative estimate of drug-likeness (QED) is 0.596. The van der Waals surface area contributed by atoms with E-state index in [1.807, 2.05) is 31.2 Å². The van der Waals surface area contributed by atoms with Crippen LogP contribution in [0.1, 0.15) is 29.9 Å². The Morgan fingerprint density at radius 2 is 1.93 bits per heavy atom. The fraction of sp³-hybridized carbons (Fsp3) is 0.227. The number of hydrogen-bond acceptors (Lipinski definition) is 5. The lowest BCUT2D eigenvalue weighted by Gasteiger charge is -2.25. The van der Waals surface area contributed by atoms with Gasteiger partial charge in [-0.1, -0.05) is 18.2 Å². The zero-order valence-electron chi connectivity index (χ0n) is 16.0. The summed E-state index contributed by atoms with van der Waals surface area (Å²) in [6.07, 6.45) is -0.164. The Labute approximate surface area is 171 Å². The number of benzene rings is 2. The summed E-state index contributed by atoms with van der Waals surface area (Å²) in [5, 5.41) is 2.16. The number of carbonyl (C=O) groups excluding carboxylic acids is 2. The number of esters is 1. The number of halogens is 1. The molecule has 1 aliphatic rings. The van der Waals surface area contributed by atoms with Gasteiger partial charge in [0.25, 0.3) is 5.91 Å². The molecular weight excluding hydrogens is 391 g/mol. The molecule has 1 aromatic heterocycles. The van der Waals surface area contributed by atoms with Gasteiger partial charge in [0.05, 0.1) is 0 Å². The lowest BCUT2D eigenvalue weighted by Crippen LogP contribution is -2.43. The maximum atomic E-state index is 13.1. The number of para-hydroxylation sites is 1. The third kappa shape index (κ3) is 3.78. The van der Waals surface area contributed by atoms with Crippen molar-refractivity contribution in [3.63, 3.8) is 0 Å². The summed E-state index contributed by atoms with van der Waals surface area (Å²) in [6, 6.07) is 13.6. The van der Waals surface area contributed by atoms with E-state index in [4.69, 9.17) is 4.74 Å². The predicted octanol–water partition coefficient (Wildman–Crippen LogP) is 4.47. The van der Waals surface area contributed by atoms with Gasteiger partial charge in [-0.25, -0.2) is 14.2 Å². The number of rotatable bonds is 4.